The molecule has 4 fully saturated rings. The summed E-state index contributed by atoms with van der Waals surface area (Å²) in [5.41, 5.74) is 1.20. The highest BCUT2D eigenvalue weighted by molar-refractivity contribution is 6.42. The van der Waals surface area contributed by atoms with E-state index in [9.17, 15) is 14.4 Å². The van der Waals surface area contributed by atoms with Crippen molar-refractivity contribution in [1.29, 1.82) is 0 Å². The van der Waals surface area contributed by atoms with Gasteiger partial charge in [-0.1, -0.05) is 41.4 Å². The lowest BCUT2D eigenvalue weighted by atomic mass is 9.63. The first-order valence-electron chi connectivity index (χ1n) is 11.7. The van der Waals surface area contributed by atoms with Gasteiger partial charge >= 0.3 is 0 Å². The van der Waals surface area contributed by atoms with Crippen LogP contribution in [-0.2, 0) is 9.59 Å². The Labute approximate surface area is 205 Å². The third-order valence-corrected chi connectivity index (χ3v) is 9.37. The molecule has 0 radical (unpaired) electrons. The largest absolute Gasteiger partial charge is 0.294 e. The van der Waals surface area contributed by atoms with E-state index < -0.39 is 5.82 Å². The molecule has 8 atom stereocenters. The Bertz CT molecular complexity index is 1300. The molecule has 0 spiro atoms. The van der Waals surface area contributed by atoms with E-state index in [4.69, 9.17) is 23.2 Å². The average Bonchev–Trinajstić information content (AvgIpc) is 3.74. The summed E-state index contributed by atoms with van der Waals surface area (Å²) in [6.45, 7) is 0. The Morgan fingerprint density at radius 3 is 2.18 bits per heavy atom. The van der Waals surface area contributed by atoms with Crippen molar-refractivity contribution in [2.45, 2.75) is 18.8 Å². The van der Waals surface area contributed by atoms with E-state index >= 15 is 4.39 Å². The zero-order chi connectivity index (χ0) is 23.5. The van der Waals surface area contributed by atoms with Crippen molar-refractivity contribution in [3.8, 4) is 0 Å². The van der Waals surface area contributed by atoms with Gasteiger partial charge in [0.15, 0.2) is 5.78 Å². The number of amides is 2. The van der Waals surface area contributed by atoms with Crippen molar-refractivity contribution in [1.82, 2.24) is 0 Å². The van der Waals surface area contributed by atoms with Gasteiger partial charge in [-0.2, -0.15) is 0 Å². The molecule has 1 aliphatic heterocycles. The molecule has 2 amide bonds. The minimum atomic E-state index is -0.601. The maximum absolute atomic E-state index is 15.3. The number of imide groups is 1. The Kier molecular flexibility index (Phi) is 4.30. The summed E-state index contributed by atoms with van der Waals surface area (Å²) in [5.74, 6) is -1.08. The predicted octanol–water partition coefficient (Wildman–Crippen LogP) is 5.68. The second kappa shape index (κ2) is 7.02. The maximum Gasteiger partial charge on any atom is 0.238 e. The van der Waals surface area contributed by atoms with Crippen LogP contribution in [0.4, 0.5) is 10.1 Å². The van der Waals surface area contributed by atoms with E-state index in [1.165, 1.54) is 12.1 Å². The molecule has 1 saturated heterocycles. The van der Waals surface area contributed by atoms with Crippen LogP contribution < -0.4 is 4.90 Å². The monoisotopic (exact) mass is 495 g/mol. The molecule has 4 unspecified atom stereocenters. The highest BCUT2D eigenvalue weighted by Crippen LogP contribution is 2.65. The van der Waals surface area contributed by atoms with Gasteiger partial charge in [-0.05, 0) is 78.3 Å². The first kappa shape index (κ1) is 20.8. The second-order valence-electron chi connectivity index (χ2n) is 10.3. The van der Waals surface area contributed by atoms with Gasteiger partial charge in [0, 0.05) is 11.5 Å². The lowest BCUT2D eigenvalue weighted by molar-refractivity contribution is -0.124. The number of allylic oxidation sites excluding steroid dienone is 2. The topological polar surface area (TPSA) is 54.5 Å². The molecular weight excluding hydrogens is 476 g/mol. The van der Waals surface area contributed by atoms with Gasteiger partial charge in [-0.3, -0.25) is 14.4 Å². The number of hydrogen-bond donors (Lipinski definition) is 0. The Morgan fingerprint density at radius 2 is 1.56 bits per heavy atom. The number of ketones is 1. The minimum Gasteiger partial charge on any atom is -0.294 e. The van der Waals surface area contributed by atoms with Gasteiger partial charge in [0.25, 0.3) is 0 Å². The molecule has 7 heteroatoms. The summed E-state index contributed by atoms with van der Waals surface area (Å²) in [5, 5.41) is 0.705. The molecule has 1 heterocycles. The van der Waals surface area contributed by atoms with Crippen molar-refractivity contribution in [3.05, 3.63) is 75.5 Å². The SMILES string of the molecule is O=C(c1ccc(Cl)c(Cl)c1)C1CC1c1ccc(N2C(=O)[C@@H]3[C@@H]4C=CC([C@H]5CC54)[C@@H]3C2=O)c(F)c1. The van der Waals surface area contributed by atoms with Crippen molar-refractivity contribution in [2.24, 2.45) is 41.4 Å². The normalized spacial score (nSPS) is 36.5. The van der Waals surface area contributed by atoms with Gasteiger partial charge in [-0.15, -0.1) is 0 Å². The number of benzene rings is 2. The molecule has 2 aromatic rings. The zero-order valence-corrected chi connectivity index (χ0v) is 19.5. The zero-order valence-electron chi connectivity index (χ0n) is 18.0. The lowest BCUT2D eigenvalue weighted by Gasteiger charge is -2.37. The summed E-state index contributed by atoms with van der Waals surface area (Å²) in [4.78, 5) is 40.5. The molecule has 2 bridgehead atoms. The number of carbonyl (C=O) groups excluding carboxylic acids is 3. The van der Waals surface area contributed by atoms with Gasteiger partial charge in [0.1, 0.15) is 5.82 Å². The fraction of sp³-hybridized carbons (Fsp3) is 0.370. The molecule has 8 rings (SSSR count). The summed E-state index contributed by atoms with van der Waals surface area (Å²) < 4.78 is 15.3. The molecule has 172 valence electrons. The van der Waals surface area contributed by atoms with Crippen LogP contribution in [0.15, 0.2) is 48.6 Å². The fourth-order valence-corrected chi connectivity index (χ4v) is 7.14. The van der Waals surface area contributed by atoms with Crippen molar-refractivity contribution < 1.29 is 18.8 Å². The van der Waals surface area contributed by atoms with E-state index in [0.29, 0.717) is 39.4 Å². The smallest absolute Gasteiger partial charge is 0.238 e. The Morgan fingerprint density at radius 1 is 0.882 bits per heavy atom. The maximum atomic E-state index is 15.3. The molecule has 5 aliphatic carbocycles. The number of hydrogen-bond acceptors (Lipinski definition) is 3. The van der Waals surface area contributed by atoms with Crippen LogP contribution in [0.5, 0.6) is 0 Å². The van der Waals surface area contributed by atoms with Gasteiger partial charge in [0.2, 0.25) is 11.8 Å². The van der Waals surface area contributed by atoms with Crippen LogP contribution in [0.1, 0.15) is 34.7 Å². The van der Waals surface area contributed by atoms with E-state index in [0.717, 1.165) is 11.3 Å². The van der Waals surface area contributed by atoms with E-state index in [1.807, 2.05) is 0 Å². The van der Waals surface area contributed by atoms with Gasteiger partial charge < -0.3 is 0 Å². The number of rotatable bonds is 4. The molecule has 2 aromatic carbocycles. The predicted molar refractivity (Wildman–Crippen MR) is 125 cm³/mol. The van der Waals surface area contributed by atoms with Gasteiger partial charge in [-0.25, -0.2) is 9.29 Å². The van der Waals surface area contributed by atoms with Crippen LogP contribution >= 0.6 is 23.2 Å². The fourth-order valence-electron chi connectivity index (χ4n) is 6.85. The van der Waals surface area contributed by atoms with Crippen LogP contribution in [0.2, 0.25) is 10.0 Å². The van der Waals surface area contributed by atoms with Gasteiger partial charge in [0.05, 0.1) is 27.6 Å². The summed E-state index contributed by atoms with van der Waals surface area (Å²) >= 11 is 12.0. The molecule has 6 aliphatic rings. The number of carbonyl (C=O) groups is 3. The van der Waals surface area contributed by atoms with E-state index in [-0.39, 0.29) is 58.8 Å². The van der Waals surface area contributed by atoms with E-state index in [2.05, 4.69) is 12.2 Å². The first-order chi connectivity index (χ1) is 16.3. The third-order valence-electron chi connectivity index (χ3n) is 8.63. The first-order valence-corrected chi connectivity index (χ1v) is 12.5. The molecular formula is C27H20Cl2FNO3. The number of halogens is 3. The number of Topliss-reactive ketones (excluding diaryl/α,β-unsaturated/α-hetero) is 1. The second-order valence-corrected chi connectivity index (χ2v) is 11.1. The Hall–Kier alpha value is -2.50. The van der Waals surface area contributed by atoms with Crippen LogP contribution in [0, 0.1) is 47.2 Å². The summed E-state index contributed by atoms with van der Waals surface area (Å²) in [6, 6.07) is 9.42. The Balaban J connectivity index is 1.13. The number of anilines is 1. The highest BCUT2D eigenvalue weighted by atomic mass is 35.5. The van der Waals surface area contributed by atoms with Crippen LogP contribution in [-0.4, -0.2) is 17.6 Å². The number of nitrogens with zero attached hydrogens (tertiary/aromatic N) is 1. The highest BCUT2D eigenvalue weighted by Gasteiger charge is 2.67. The summed E-state index contributed by atoms with van der Waals surface area (Å²) in [6.07, 6.45) is 5.91. The molecule has 0 aromatic heterocycles. The van der Waals surface area contributed by atoms with E-state index in [1.54, 1.807) is 24.3 Å². The average molecular weight is 496 g/mol. The van der Waals surface area contributed by atoms with Crippen LogP contribution in [0.3, 0.4) is 0 Å². The molecule has 4 nitrogen and oxygen atoms in total. The van der Waals surface area contributed by atoms with Crippen molar-refractivity contribution >= 4 is 46.5 Å². The lowest BCUT2D eigenvalue weighted by Crippen LogP contribution is -2.40. The molecule has 3 saturated carbocycles. The third kappa shape index (κ3) is 2.80. The summed E-state index contributed by atoms with van der Waals surface area (Å²) in [7, 11) is 0. The van der Waals surface area contributed by atoms with Crippen molar-refractivity contribution in [2.75, 3.05) is 4.90 Å². The minimum absolute atomic E-state index is 0.0224. The quantitative estimate of drug-likeness (QED) is 0.311. The standard InChI is InChI=1S/C27H20Cl2FNO3/c28-19-5-1-12(7-20(19)29)25(32)18-9-15(18)11-2-6-22(21(30)8-11)31-26(33)23-13-3-4-14(17-10-16(13)17)24(23)27(31)34/h1-8,13-18,23-24H,9-10H2/t13-,14?,15?,16?,17-,18?,23-,24+/m1/s1. The molecule has 0 N–H and O–H groups in total. The molecule has 34 heavy (non-hydrogen) atoms. The van der Waals surface area contributed by atoms with Crippen LogP contribution in [0.25, 0.3) is 0 Å². The van der Waals surface area contributed by atoms with Crippen molar-refractivity contribution in [3.63, 3.8) is 0 Å².